The first-order valence-corrected chi connectivity index (χ1v) is 8.04. The number of hydrogen-bond acceptors (Lipinski definition) is 4. The Balaban J connectivity index is 1.88. The van der Waals surface area contributed by atoms with E-state index in [1.165, 1.54) is 17.1 Å². The molecule has 1 N–H and O–H groups in total. The van der Waals surface area contributed by atoms with Gasteiger partial charge >= 0.3 is 0 Å². The number of piperidine rings is 1. The molecule has 0 aromatic heterocycles. The zero-order chi connectivity index (χ0) is 13.2. The van der Waals surface area contributed by atoms with E-state index in [4.69, 9.17) is 0 Å². The minimum absolute atomic E-state index is 0.616. The molecule has 106 valence electrons. The molecule has 0 radical (unpaired) electrons. The first-order valence-electron chi connectivity index (χ1n) is 6.64. The first-order chi connectivity index (χ1) is 8.51. The van der Waals surface area contributed by atoms with Gasteiger partial charge in [0.05, 0.1) is 0 Å². The van der Waals surface area contributed by atoms with Crippen LogP contribution < -0.4 is 5.32 Å². The van der Waals surface area contributed by atoms with Crippen LogP contribution in [0.2, 0.25) is 0 Å². The van der Waals surface area contributed by atoms with Crippen molar-refractivity contribution in [2.45, 2.75) is 18.9 Å². The van der Waals surface area contributed by atoms with Gasteiger partial charge in [-0.2, -0.15) is 17.0 Å². The fraction of sp³-hybridized carbons (Fsp3) is 1.00. The Labute approximate surface area is 110 Å². The third-order valence-electron chi connectivity index (χ3n) is 3.89. The predicted octanol–water partition coefficient (Wildman–Crippen LogP) is -0.838. The van der Waals surface area contributed by atoms with Gasteiger partial charge in [0.15, 0.2) is 0 Å². The van der Waals surface area contributed by atoms with Crippen molar-refractivity contribution >= 4 is 10.2 Å². The Kier molecular flexibility index (Phi) is 4.60. The van der Waals surface area contributed by atoms with E-state index in [0.29, 0.717) is 19.1 Å². The lowest BCUT2D eigenvalue weighted by Crippen LogP contribution is -2.55. The highest BCUT2D eigenvalue weighted by molar-refractivity contribution is 7.86. The van der Waals surface area contributed by atoms with E-state index in [-0.39, 0.29) is 0 Å². The molecule has 6 nitrogen and oxygen atoms in total. The van der Waals surface area contributed by atoms with Gasteiger partial charge in [-0.15, -0.1) is 0 Å². The van der Waals surface area contributed by atoms with Crippen LogP contribution in [-0.4, -0.2) is 81.3 Å². The number of rotatable bonds is 3. The maximum atomic E-state index is 12.0. The summed E-state index contributed by atoms with van der Waals surface area (Å²) < 4.78 is 26.9. The lowest BCUT2D eigenvalue weighted by atomic mass is 10.0. The molecular formula is C11H24N4O2S. The Morgan fingerprint density at radius 2 is 1.61 bits per heavy atom. The van der Waals surface area contributed by atoms with Crippen molar-refractivity contribution in [3.05, 3.63) is 0 Å². The van der Waals surface area contributed by atoms with Crippen molar-refractivity contribution in [1.82, 2.24) is 18.8 Å². The Morgan fingerprint density at radius 1 is 1.06 bits per heavy atom. The molecule has 2 rings (SSSR count). The molecular weight excluding hydrogens is 252 g/mol. The van der Waals surface area contributed by atoms with Gasteiger partial charge in [0.1, 0.15) is 0 Å². The fourth-order valence-electron chi connectivity index (χ4n) is 2.70. The van der Waals surface area contributed by atoms with E-state index in [1.54, 1.807) is 18.4 Å². The van der Waals surface area contributed by atoms with Crippen LogP contribution in [0.3, 0.4) is 0 Å². The van der Waals surface area contributed by atoms with Crippen molar-refractivity contribution < 1.29 is 8.42 Å². The Morgan fingerprint density at radius 3 is 2.11 bits per heavy atom. The van der Waals surface area contributed by atoms with E-state index >= 15 is 0 Å². The molecule has 2 fully saturated rings. The molecule has 7 heteroatoms. The summed E-state index contributed by atoms with van der Waals surface area (Å²) in [4.78, 5) is 2.45. The quantitative estimate of drug-likeness (QED) is 0.730. The number of hydrogen-bond donors (Lipinski definition) is 1. The largest absolute Gasteiger partial charge is 0.317 e. The summed E-state index contributed by atoms with van der Waals surface area (Å²) in [5.41, 5.74) is 0. The van der Waals surface area contributed by atoms with Crippen LogP contribution in [0.1, 0.15) is 12.8 Å². The van der Waals surface area contributed by atoms with Gasteiger partial charge in [0.25, 0.3) is 10.2 Å². The van der Waals surface area contributed by atoms with Crippen molar-refractivity contribution in [2.24, 2.45) is 0 Å². The van der Waals surface area contributed by atoms with Crippen molar-refractivity contribution in [3.63, 3.8) is 0 Å². The molecule has 2 aliphatic heterocycles. The monoisotopic (exact) mass is 276 g/mol. The maximum Gasteiger partial charge on any atom is 0.281 e. The van der Waals surface area contributed by atoms with Crippen LogP contribution in [0.5, 0.6) is 0 Å². The van der Waals surface area contributed by atoms with E-state index in [9.17, 15) is 8.42 Å². The zero-order valence-corrected chi connectivity index (χ0v) is 12.1. The highest BCUT2D eigenvalue weighted by atomic mass is 32.2. The third kappa shape index (κ3) is 3.03. The second-order valence-electron chi connectivity index (χ2n) is 5.21. The molecule has 0 amide bonds. The Bertz CT molecular complexity index is 357. The van der Waals surface area contributed by atoms with Crippen molar-refractivity contribution in [2.75, 3.05) is 53.4 Å². The molecule has 0 bridgehead atoms. The van der Waals surface area contributed by atoms with Crippen LogP contribution in [-0.2, 0) is 10.2 Å². The van der Waals surface area contributed by atoms with Gasteiger partial charge < -0.3 is 5.32 Å². The topological polar surface area (TPSA) is 55.9 Å². The lowest BCUT2D eigenvalue weighted by Gasteiger charge is -2.40. The number of nitrogens with one attached hydrogen (secondary N) is 1. The van der Waals surface area contributed by atoms with Crippen LogP contribution in [0.4, 0.5) is 0 Å². The third-order valence-corrected chi connectivity index (χ3v) is 5.83. The van der Waals surface area contributed by atoms with E-state index in [0.717, 1.165) is 26.2 Å². The van der Waals surface area contributed by atoms with Gasteiger partial charge in [-0.25, -0.2) is 0 Å². The summed E-state index contributed by atoms with van der Waals surface area (Å²) >= 11 is 0. The summed E-state index contributed by atoms with van der Waals surface area (Å²) in [6.45, 7) is 5.12. The second kappa shape index (κ2) is 5.83. The van der Waals surface area contributed by atoms with E-state index < -0.39 is 10.2 Å². The Hall–Kier alpha value is -0.210. The van der Waals surface area contributed by atoms with Gasteiger partial charge in [-0.05, 0) is 25.9 Å². The minimum atomic E-state index is -3.23. The summed E-state index contributed by atoms with van der Waals surface area (Å²) in [5.74, 6) is 0. The molecule has 0 spiro atoms. The van der Waals surface area contributed by atoms with E-state index in [2.05, 4.69) is 10.2 Å². The zero-order valence-electron chi connectivity index (χ0n) is 11.3. The van der Waals surface area contributed by atoms with Crippen LogP contribution in [0.15, 0.2) is 0 Å². The van der Waals surface area contributed by atoms with Crippen LogP contribution in [0, 0.1) is 0 Å². The minimum Gasteiger partial charge on any atom is -0.317 e. The molecule has 18 heavy (non-hydrogen) atoms. The normalized spacial score (nSPS) is 25.7. The highest BCUT2D eigenvalue weighted by Gasteiger charge is 2.31. The number of piperazine rings is 1. The summed E-state index contributed by atoms with van der Waals surface area (Å²) in [6, 6.07) is 0.635. The molecule has 2 heterocycles. The summed E-state index contributed by atoms with van der Waals surface area (Å²) in [5, 5.41) is 3.36. The standard InChI is InChI=1S/C11H24N4O2S/c1-13(2)18(16,17)15-9-7-14(8-10-15)11-3-5-12-6-4-11/h11-12H,3-10H2,1-2H3. The molecule has 0 unspecified atom stereocenters. The SMILES string of the molecule is CN(C)S(=O)(=O)N1CCN(C2CCNCC2)CC1. The number of nitrogens with zero attached hydrogens (tertiary/aromatic N) is 3. The molecule has 0 aliphatic carbocycles. The van der Waals surface area contributed by atoms with Crippen molar-refractivity contribution in [3.8, 4) is 0 Å². The van der Waals surface area contributed by atoms with Crippen LogP contribution >= 0.6 is 0 Å². The van der Waals surface area contributed by atoms with Gasteiger partial charge in [0, 0.05) is 46.3 Å². The first kappa shape index (κ1) is 14.2. The molecule has 0 aromatic carbocycles. The highest BCUT2D eigenvalue weighted by Crippen LogP contribution is 2.16. The van der Waals surface area contributed by atoms with Gasteiger partial charge in [-0.3, -0.25) is 4.90 Å². The molecule has 0 atom stereocenters. The fourth-order valence-corrected chi connectivity index (χ4v) is 3.79. The lowest BCUT2D eigenvalue weighted by molar-refractivity contribution is 0.113. The van der Waals surface area contributed by atoms with E-state index in [1.807, 2.05) is 0 Å². The van der Waals surface area contributed by atoms with Gasteiger partial charge in [-0.1, -0.05) is 0 Å². The predicted molar refractivity (Wildman–Crippen MR) is 71.6 cm³/mol. The van der Waals surface area contributed by atoms with Crippen LogP contribution in [0.25, 0.3) is 0 Å². The smallest absolute Gasteiger partial charge is 0.281 e. The average molecular weight is 276 g/mol. The van der Waals surface area contributed by atoms with Gasteiger partial charge in [0.2, 0.25) is 0 Å². The van der Waals surface area contributed by atoms with Crippen molar-refractivity contribution in [1.29, 1.82) is 0 Å². The maximum absolute atomic E-state index is 12.0. The summed E-state index contributed by atoms with van der Waals surface area (Å²) in [6.07, 6.45) is 2.36. The average Bonchev–Trinajstić information content (AvgIpc) is 2.40. The second-order valence-corrected chi connectivity index (χ2v) is 7.35. The summed E-state index contributed by atoms with van der Waals surface area (Å²) in [7, 11) is -0.0429. The molecule has 2 aliphatic rings. The molecule has 2 saturated heterocycles. The molecule has 0 saturated carbocycles. The molecule has 0 aromatic rings.